The van der Waals surface area contributed by atoms with Gasteiger partial charge in [0.25, 0.3) is 5.69 Å². The number of nitro benzene ring substituents is 1. The van der Waals surface area contributed by atoms with E-state index in [9.17, 15) is 14.9 Å². The largest absolute Gasteiger partial charge is 0.481 e. The zero-order valence-electron chi connectivity index (χ0n) is 9.61. The van der Waals surface area contributed by atoms with Crippen LogP contribution in [0.5, 0.6) is 0 Å². The van der Waals surface area contributed by atoms with Gasteiger partial charge in [-0.3, -0.25) is 19.6 Å². The summed E-state index contributed by atoms with van der Waals surface area (Å²) in [7, 11) is 0. The van der Waals surface area contributed by atoms with Gasteiger partial charge in [0, 0.05) is 17.5 Å². The van der Waals surface area contributed by atoms with Crippen LogP contribution in [0.1, 0.15) is 6.92 Å². The molecule has 1 N–H and O–H groups in total. The lowest BCUT2D eigenvalue weighted by Crippen LogP contribution is -2.17. The number of rotatable bonds is 4. The number of aliphatic carboxylic acids is 1. The van der Waals surface area contributed by atoms with Crippen molar-refractivity contribution < 1.29 is 14.8 Å². The molecule has 0 amide bonds. The summed E-state index contributed by atoms with van der Waals surface area (Å²) >= 11 is 0. The quantitative estimate of drug-likeness (QED) is 0.656. The normalized spacial score (nSPS) is 12.5. The summed E-state index contributed by atoms with van der Waals surface area (Å²) in [5.41, 5.74) is 0.532. The van der Waals surface area contributed by atoms with E-state index in [0.717, 1.165) is 5.39 Å². The van der Waals surface area contributed by atoms with Crippen LogP contribution in [0, 0.1) is 16.0 Å². The van der Waals surface area contributed by atoms with E-state index >= 15 is 0 Å². The molecule has 0 radical (unpaired) electrons. The maximum Gasteiger partial charge on any atom is 0.308 e. The van der Waals surface area contributed by atoms with Gasteiger partial charge in [-0.2, -0.15) is 5.10 Å². The summed E-state index contributed by atoms with van der Waals surface area (Å²) in [5.74, 6) is -1.53. The topological polar surface area (TPSA) is 98.3 Å². The van der Waals surface area contributed by atoms with Gasteiger partial charge in [-0.05, 0) is 6.07 Å². The minimum atomic E-state index is -0.927. The minimum Gasteiger partial charge on any atom is -0.481 e. The molecule has 7 heteroatoms. The molecule has 7 nitrogen and oxygen atoms in total. The molecule has 0 aliphatic heterocycles. The van der Waals surface area contributed by atoms with Crippen molar-refractivity contribution >= 4 is 22.6 Å². The summed E-state index contributed by atoms with van der Waals surface area (Å²) in [4.78, 5) is 21.0. The van der Waals surface area contributed by atoms with E-state index in [0.29, 0.717) is 5.52 Å². The number of fused-ring (bicyclic) bond motifs is 1. The minimum absolute atomic E-state index is 0.0350. The number of aromatic nitrogens is 2. The monoisotopic (exact) mass is 249 g/mol. The molecule has 2 aromatic rings. The second kappa shape index (κ2) is 4.44. The van der Waals surface area contributed by atoms with Crippen LogP contribution >= 0.6 is 0 Å². The summed E-state index contributed by atoms with van der Waals surface area (Å²) in [6.07, 6.45) is 1.56. The van der Waals surface area contributed by atoms with Gasteiger partial charge in [-0.25, -0.2) is 0 Å². The lowest BCUT2D eigenvalue weighted by molar-refractivity contribution is -0.384. The van der Waals surface area contributed by atoms with Crippen LogP contribution in [0.15, 0.2) is 24.4 Å². The molecule has 0 saturated carbocycles. The first kappa shape index (κ1) is 12.0. The third-order valence-electron chi connectivity index (χ3n) is 2.71. The molecule has 1 aromatic carbocycles. The number of hydrogen-bond acceptors (Lipinski definition) is 4. The van der Waals surface area contributed by atoms with Crippen molar-refractivity contribution in [3.8, 4) is 0 Å². The van der Waals surface area contributed by atoms with Crippen LogP contribution in [0.2, 0.25) is 0 Å². The zero-order valence-corrected chi connectivity index (χ0v) is 9.61. The number of hydrogen-bond donors (Lipinski definition) is 1. The zero-order chi connectivity index (χ0) is 13.3. The summed E-state index contributed by atoms with van der Waals surface area (Å²) in [6.45, 7) is 1.74. The first-order valence-electron chi connectivity index (χ1n) is 5.32. The molecule has 1 aromatic heterocycles. The number of non-ortho nitro benzene ring substituents is 1. The van der Waals surface area contributed by atoms with Gasteiger partial charge < -0.3 is 5.11 Å². The Morgan fingerprint density at radius 1 is 1.61 bits per heavy atom. The number of carbonyl (C=O) groups is 1. The summed E-state index contributed by atoms with van der Waals surface area (Å²) < 4.78 is 1.47. The second-order valence-corrected chi connectivity index (χ2v) is 4.07. The molecule has 1 unspecified atom stereocenters. The molecular weight excluding hydrogens is 238 g/mol. The third kappa shape index (κ3) is 2.15. The standard InChI is InChI=1S/C11H11N3O4/c1-7(11(15)16)6-13-10-4-9(14(17)18)3-2-8(10)5-12-13/h2-5,7H,6H2,1H3,(H,15,16). The summed E-state index contributed by atoms with van der Waals surface area (Å²) in [6, 6.07) is 4.40. The Bertz CT molecular complexity index is 620. The van der Waals surface area contributed by atoms with Gasteiger partial charge in [0.2, 0.25) is 0 Å². The van der Waals surface area contributed by atoms with Crippen molar-refractivity contribution in [2.24, 2.45) is 5.92 Å². The Morgan fingerprint density at radius 3 is 2.94 bits per heavy atom. The highest BCUT2D eigenvalue weighted by molar-refractivity contribution is 5.81. The predicted molar refractivity (Wildman–Crippen MR) is 63.2 cm³/mol. The molecule has 0 aliphatic rings. The van der Waals surface area contributed by atoms with E-state index in [1.54, 1.807) is 19.2 Å². The fraction of sp³-hybridized carbons (Fsp3) is 0.273. The Balaban J connectivity index is 2.42. The molecule has 0 aliphatic carbocycles. The highest BCUT2D eigenvalue weighted by atomic mass is 16.6. The fourth-order valence-electron chi connectivity index (χ4n) is 1.66. The second-order valence-electron chi connectivity index (χ2n) is 4.07. The SMILES string of the molecule is CC(Cn1ncc2ccc([N+](=O)[O-])cc21)C(=O)O. The number of nitrogens with zero attached hydrogens (tertiary/aromatic N) is 3. The molecule has 94 valence electrons. The average molecular weight is 249 g/mol. The van der Waals surface area contributed by atoms with Crippen molar-refractivity contribution in [1.82, 2.24) is 9.78 Å². The van der Waals surface area contributed by atoms with Gasteiger partial charge in [0.05, 0.1) is 29.1 Å². The molecule has 0 fully saturated rings. The summed E-state index contributed by atoms with van der Waals surface area (Å²) in [5, 5.41) is 24.3. The highest BCUT2D eigenvalue weighted by Crippen LogP contribution is 2.21. The Kier molecular flexibility index (Phi) is 2.97. The molecule has 0 spiro atoms. The van der Waals surface area contributed by atoms with Crippen LogP contribution < -0.4 is 0 Å². The van der Waals surface area contributed by atoms with Crippen molar-refractivity contribution in [1.29, 1.82) is 0 Å². The van der Waals surface area contributed by atoms with Crippen LogP contribution in [-0.2, 0) is 11.3 Å². The van der Waals surface area contributed by atoms with Crippen LogP contribution in [-0.4, -0.2) is 25.8 Å². The number of nitro groups is 1. The maximum atomic E-state index is 10.8. The molecule has 0 saturated heterocycles. The van der Waals surface area contributed by atoms with Gasteiger partial charge in [0.1, 0.15) is 0 Å². The Hall–Kier alpha value is -2.44. The Labute approximate surface area is 102 Å². The lowest BCUT2D eigenvalue weighted by Gasteiger charge is -2.07. The van der Waals surface area contributed by atoms with Crippen molar-refractivity contribution in [2.45, 2.75) is 13.5 Å². The number of carboxylic acid groups (broad SMARTS) is 1. The third-order valence-corrected chi connectivity index (χ3v) is 2.71. The first-order chi connectivity index (χ1) is 8.49. The predicted octanol–water partition coefficient (Wildman–Crippen LogP) is 1.67. The maximum absolute atomic E-state index is 10.8. The average Bonchev–Trinajstić information content (AvgIpc) is 2.71. The van der Waals surface area contributed by atoms with E-state index in [1.165, 1.54) is 16.8 Å². The van der Waals surface area contributed by atoms with Crippen molar-refractivity contribution in [2.75, 3.05) is 0 Å². The molecule has 2 rings (SSSR count). The van der Waals surface area contributed by atoms with Crippen molar-refractivity contribution in [3.63, 3.8) is 0 Å². The fourth-order valence-corrected chi connectivity index (χ4v) is 1.66. The molecule has 18 heavy (non-hydrogen) atoms. The molecular formula is C11H11N3O4. The lowest BCUT2D eigenvalue weighted by atomic mass is 10.2. The first-order valence-corrected chi connectivity index (χ1v) is 5.32. The van der Waals surface area contributed by atoms with Gasteiger partial charge in [0.15, 0.2) is 0 Å². The van der Waals surface area contributed by atoms with E-state index in [-0.39, 0.29) is 12.2 Å². The number of carboxylic acids is 1. The van der Waals surface area contributed by atoms with E-state index in [4.69, 9.17) is 5.11 Å². The van der Waals surface area contributed by atoms with E-state index < -0.39 is 16.8 Å². The highest BCUT2D eigenvalue weighted by Gasteiger charge is 2.15. The smallest absolute Gasteiger partial charge is 0.308 e. The molecule has 0 bridgehead atoms. The van der Waals surface area contributed by atoms with E-state index in [1.807, 2.05) is 0 Å². The molecule has 1 heterocycles. The number of benzene rings is 1. The van der Waals surface area contributed by atoms with Gasteiger partial charge in [-0.1, -0.05) is 6.92 Å². The van der Waals surface area contributed by atoms with Gasteiger partial charge >= 0.3 is 5.97 Å². The van der Waals surface area contributed by atoms with Gasteiger partial charge in [-0.15, -0.1) is 0 Å². The van der Waals surface area contributed by atoms with Crippen LogP contribution in [0.4, 0.5) is 5.69 Å². The molecule has 1 atom stereocenters. The van der Waals surface area contributed by atoms with E-state index in [2.05, 4.69) is 5.10 Å². The van der Waals surface area contributed by atoms with Crippen LogP contribution in [0.3, 0.4) is 0 Å². The van der Waals surface area contributed by atoms with Crippen molar-refractivity contribution in [3.05, 3.63) is 34.5 Å². The van der Waals surface area contributed by atoms with Crippen LogP contribution in [0.25, 0.3) is 10.9 Å². The Morgan fingerprint density at radius 2 is 2.33 bits per heavy atom.